The summed E-state index contributed by atoms with van der Waals surface area (Å²) in [5.74, 6) is -0.508. The van der Waals surface area contributed by atoms with Crippen molar-refractivity contribution >= 4 is 5.97 Å². The predicted molar refractivity (Wildman–Crippen MR) is 83.8 cm³/mol. The van der Waals surface area contributed by atoms with Crippen molar-refractivity contribution in [3.63, 3.8) is 0 Å². The molecule has 1 aliphatic carbocycles. The molecule has 0 aromatic heterocycles. The van der Waals surface area contributed by atoms with E-state index in [1.165, 1.54) is 14.2 Å². The molecule has 1 aliphatic heterocycles. The molecule has 6 heteroatoms. The molecule has 1 aromatic carbocycles. The lowest BCUT2D eigenvalue weighted by molar-refractivity contribution is -0.256. The first-order valence-corrected chi connectivity index (χ1v) is 7.99. The van der Waals surface area contributed by atoms with E-state index in [-0.39, 0.29) is 11.0 Å². The maximum atomic E-state index is 12.0. The fourth-order valence-electron chi connectivity index (χ4n) is 3.98. The summed E-state index contributed by atoms with van der Waals surface area (Å²) in [4.78, 5) is 12.0. The molecule has 0 amide bonds. The third-order valence-electron chi connectivity index (χ3n) is 4.89. The van der Waals surface area contributed by atoms with Crippen LogP contribution in [0.3, 0.4) is 0 Å². The lowest BCUT2D eigenvalue weighted by atomic mass is 9.87. The molecule has 0 bridgehead atoms. The van der Waals surface area contributed by atoms with Crippen molar-refractivity contribution < 1.29 is 28.8 Å². The van der Waals surface area contributed by atoms with Crippen molar-refractivity contribution in [1.82, 2.24) is 0 Å². The topological polar surface area (TPSA) is 77.1 Å². The van der Waals surface area contributed by atoms with Gasteiger partial charge in [-0.3, -0.25) is 0 Å². The molecule has 2 aliphatic rings. The normalized spacial score (nSPS) is 24.4. The van der Waals surface area contributed by atoms with E-state index in [0.717, 1.165) is 17.5 Å². The fourth-order valence-corrected chi connectivity index (χ4v) is 3.98. The highest BCUT2D eigenvalue weighted by atomic mass is 16.8. The number of carboxylic acid groups (broad SMARTS) is 1. The standard InChI is InChI=1S/C18H24O6/c1-18(2)7-10-11(8-18)15(22-4)14-9(13(10)16(19)20)6-12(21-3)24-17(14)23-5/h12,17H,6-8H2,1-5H3,(H,19,20)/p-1/t12-,17-/m1/s1. The summed E-state index contributed by atoms with van der Waals surface area (Å²) >= 11 is 0. The first kappa shape index (κ1) is 17.2. The number of carbonyl (C=O) groups excluding carboxylic acids is 1. The monoisotopic (exact) mass is 335 g/mol. The second kappa shape index (κ2) is 6.02. The Hall–Kier alpha value is -1.63. The van der Waals surface area contributed by atoms with Gasteiger partial charge < -0.3 is 28.8 Å². The minimum Gasteiger partial charge on any atom is -0.545 e. The number of hydrogen-bond acceptors (Lipinski definition) is 6. The molecule has 0 spiro atoms. The van der Waals surface area contributed by atoms with Crippen molar-refractivity contribution in [2.24, 2.45) is 5.41 Å². The summed E-state index contributed by atoms with van der Waals surface area (Å²) in [6.07, 6.45) is 0.423. The van der Waals surface area contributed by atoms with Crippen LogP contribution in [0.1, 0.15) is 52.7 Å². The molecule has 0 N–H and O–H groups in total. The number of methoxy groups -OCH3 is 3. The highest BCUT2D eigenvalue weighted by molar-refractivity contribution is 5.92. The van der Waals surface area contributed by atoms with Gasteiger partial charge in [-0.1, -0.05) is 13.8 Å². The number of ether oxygens (including phenoxy) is 4. The smallest absolute Gasteiger partial charge is 0.190 e. The largest absolute Gasteiger partial charge is 0.545 e. The summed E-state index contributed by atoms with van der Waals surface area (Å²) in [7, 11) is 4.63. The van der Waals surface area contributed by atoms with Crippen molar-refractivity contribution in [1.29, 1.82) is 0 Å². The second-order valence-corrected chi connectivity index (χ2v) is 7.14. The van der Waals surface area contributed by atoms with Crippen LogP contribution in [0.15, 0.2) is 0 Å². The number of carbonyl (C=O) groups is 1. The number of hydrogen-bond donors (Lipinski definition) is 0. The van der Waals surface area contributed by atoms with E-state index in [0.29, 0.717) is 29.7 Å². The molecule has 2 atom stereocenters. The number of carboxylic acids is 1. The second-order valence-electron chi connectivity index (χ2n) is 7.14. The molecular formula is C18H23O6-. The zero-order valence-electron chi connectivity index (χ0n) is 14.7. The molecule has 0 fully saturated rings. The van der Waals surface area contributed by atoms with Crippen LogP contribution in [0.5, 0.6) is 5.75 Å². The van der Waals surface area contributed by atoms with Crippen LogP contribution < -0.4 is 9.84 Å². The van der Waals surface area contributed by atoms with Gasteiger partial charge in [0, 0.05) is 26.2 Å². The molecular weight excluding hydrogens is 312 g/mol. The molecule has 24 heavy (non-hydrogen) atoms. The van der Waals surface area contributed by atoms with Gasteiger partial charge >= 0.3 is 0 Å². The minimum atomic E-state index is -1.17. The molecule has 132 valence electrons. The van der Waals surface area contributed by atoms with E-state index in [2.05, 4.69) is 13.8 Å². The van der Waals surface area contributed by atoms with Crippen molar-refractivity contribution in [3.05, 3.63) is 27.8 Å². The Kier molecular flexibility index (Phi) is 4.32. The zero-order valence-corrected chi connectivity index (χ0v) is 14.7. The van der Waals surface area contributed by atoms with Gasteiger partial charge in [0.15, 0.2) is 12.6 Å². The number of fused-ring (bicyclic) bond motifs is 2. The third kappa shape index (κ3) is 2.59. The highest BCUT2D eigenvalue weighted by Crippen LogP contribution is 2.49. The quantitative estimate of drug-likeness (QED) is 0.827. The van der Waals surface area contributed by atoms with Crippen LogP contribution >= 0.6 is 0 Å². The van der Waals surface area contributed by atoms with Crippen molar-refractivity contribution in [3.8, 4) is 5.75 Å². The van der Waals surface area contributed by atoms with Crippen molar-refractivity contribution in [2.45, 2.75) is 45.7 Å². The van der Waals surface area contributed by atoms with Gasteiger partial charge in [0.05, 0.1) is 18.6 Å². The van der Waals surface area contributed by atoms with Gasteiger partial charge in [-0.05, 0) is 34.9 Å². The predicted octanol–water partition coefficient (Wildman–Crippen LogP) is 1.37. The molecule has 6 nitrogen and oxygen atoms in total. The van der Waals surface area contributed by atoms with Crippen LogP contribution in [0.4, 0.5) is 0 Å². The van der Waals surface area contributed by atoms with E-state index < -0.39 is 18.5 Å². The molecule has 3 rings (SSSR count). The Balaban J connectivity index is 2.32. The Morgan fingerprint density at radius 2 is 1.79 bits per heavy atom. The zero-order chi connectivity index (χ0) is 17.6. The summed E-state index contributed by atoms with van der Waals surface area (Å²) < 4.78 is 22.2. The van der Waals surface area contributed by atoms with Gasteiger partial charge in [-0.2, -0.15) is 0 Å². The lowest BCUT2D eigenvalue weighted by Gasteiger charge is -2.34. The number of benzene rings is 1. The first-order chi connectivity index (χ1) is 11.3. The number of rotatable bonds is 4. The van der Waals surface area contributed by atoms with E-state index in [1.54, 1.807) is 7.11 Å². The van der Waals surface area contributed by atoms with Gasteiger partial charge in [0.1, 0.15) is 5.75 Å². The summed E-state index contributed by atoms with van der Waals surface area (Å²) in [5.41, 5.74) is 3.22. The molecule has 1 heterocycles. The SMILES string of the molecule is COc1c2c(c(C(=O)[O-])c3c1[C@H](OC)O[C@@H](OC)C3)CC(C)(C)C2. The van der Waals surface area contributed by atoms with E-state index >= 15 is 0 Å². The van der Waals surface area contributed by atoms with Crippen LogP contribution in [0, 0.1) is 5.41 Å². The van der Waals surface area contributed by atoms with Crippen LogP contribution in [-0.2, 0) is 33.5 Å². The fraction of sp³-hybridized carbons (Fsp3) is 0.611. The maximum Gasteiger partial charge on any atom is 0.190 e. The first-order valence-electron chi connectivity index (χ1n) is 7.99. The number of aromatic carboxylic acids is 1. The molecule has 1 aromatic rings. The Morgan fingerprint density at radius 1 is 1.12 bits per heavy atom. The molecule has 0 unspecified atom stereocenters. The summed E-state index contributed by atoms with van der Waals surface area (Å²) in [6, 6.07) is 0. The average molecular weight is 335 g/mol. The van der Waals surface area contributed by atoms with E-state index in [1.807, 2.05) is 0 Å². The Bertz CT molecular complexity index is 679. The van der Waals surface area contributed by atoms with Gasteiger partial charge in [0.2, 0.25) is 0 Å². The van der Waals surface area contributed by atoms with Crippen molar-refractivity contribution in [2.75, 3.05) is 21.3 Å². The van der Waals surface area contributed by atoms with Crippen LogP contribution in [0.25, 0.3) is 0 Å². The Labute approximate surface area is 141 Å². The van der Waals surface area contributed by atoms with Gasteiger partial charge in [-0.25, -0.2) is 0 Å². The van der Waals surface area contributed by atoms with Crippen LogP contribution in [-0.4, -0.2) is 33.6 Å². The summed E-state index contributed by atoms with van der Waals surface area (Å²) in [5, 5.41) is 12.0. The van der Waals surface area contributed by atoms with Crippen LogP contribution in [0.2, 0.25) is 0 Å². The third-order valence-corrected chi connectivity index (χ3v) is 4.89. The molecule has 0 radical (unpaired) electrons. The summed E-state index contributed by atoms with van der Waals surface area (Å²) in [6.45, 7) is 4.24. The minimum absolute atomic E-state index is 0.0339. The van der Waals surface area contributed by atoms with E-state index in [9.17, 15) is 9.90 Å². The Morgan fingerprint density at radius 3 is 2.33 bits per heavy atom. The maximum absolute atomic E-state index is 12.0. The average Bonchev–Trinajstić information content (AvgIpc) is 2.84. The molecule has 0 saturated heterocycles. The van der Waals surface area contributed by atoms with Gasteiger partial charge in [0.25, 0.3) is 0 Å². The molecule has 0 saturated carbocycles. The van der Waals surface area contributed by atoms with E-state index in [4.69, 9.17) is 18.9 Å². The highest BCUT2D eigenvalue weighted by Gasteiger charge is 2.41. The lowest BCUT2D eigenvalue weighted by Crippen LogP contribution is -2.34. The van der Waals surface area contributed by atoms with Gasteiger partial charge in [-0.15, -0.1) is 0 Å².